The first-order valence-electron chi connectivity index (χ1n) is 31.3. The van der Waals surface area contributed by atoms with Crippen LogP contribution in [0.3, 0.4) is 0 Å². The number of aromatic carboxylic acids is 2. The van der Waals surface area contributed by atoms with E-state index in [0.29, 0.717) is 98.4 Å². The maximum absolute atomic E-state index is 14.0. The Morgan fingerprint density at radius 1 is 0.828 bits per heavy atom. The molecule has 2 atom stereocenters. The predicted molar refractivity (Wildman–Crippen MR) is 355 cm³/mol. The number of carboxylic acids is 2. The number of hydrogen-bond acceptors (Lipinski definition) is 15. The first kappa shape index (κ1) is 60.7. The number of allylic oxidation sites excluding steroid dienone is 1. The van der Waals surface area contributed by atoms with Gasteiger partial charge in [-0.15, -0.1) is 6.58 Å². The van der Waals surface area contributed by atoms with Crippen molar-refractivity contribution in [1.82, 2.24) is 39.4 Å². The maximum atomic E-state index is 14.0. The largest absolute Gasteiger partial charge is 0.492 e. The summed E-state index contributed by atoms with van der Waals surface area (Å²) in [7, 11) is 1.84. The van der Waals surface area contributed by atoms with Crippen molar-refractivity contribution >= 4 is 57.6 Å². The number of H-pyrrole nitrogens is 1. The summed E-state index contributed by atoms with van der Waals surface area (Å²) >= 11 is 0. The molecule has 0 spiro atoms. The van der Waals surface area contributed by atoms with Crippen LogP contribution in [0.1, 0.15) is 91.0 Å². The lowest BCUT2D eigenvalue weighted by Gasteiger charge is -2.37. The van der Waals surface area contributed by atoms with E-state index in [1.54, 1.807) is 49.2 Å². The molecule has 8 heterocycles. The van der Waals surface area contributed by atoms with Crippen LogP contribution in [0.5, 0.6) is 11.5 Å². The van der Waals surface area contributed by atoms with Crippen molar-refractivity contribution in [3.8, 4) is 34.1 Å². The smallest absolute Gasteiger partial charge is 0.338 e. The number of benzene rings is 4. The Labute approximate surface area is 536 Å². The highest BCUT2D eigenvalue weighted by Crippen LogP contribution is 2.37. The normalized spacial score (nSPS) is 15.3. The van der Waals surface area contributed by atoms with Crippen LogP contribution in [-0.2, 0) is 25.9 Å². The van der Waals surface area contributed by atoms with Gasteiger partial charge in [-0.3, -0.25) is 14.6 Å². The van der Waals surface area contributed by atoms with Crippen molar-refractivity contribution in [2.24, 2.45) is 0 Å². The minimum Gasteiger partial charge on any atom is -0.492 e. The third kappa shape index (κ3) is 13.4. The number of aryl methyl sites for hydroxylation is 1. The van der Waals surface area contributed by atoms with Crippen molar-refractivity contribution in [3.05, 3.63) is 233 Å². The van der Waals surface area contributed by atoms with E-state index in [2.05, 4.69) is 93.3 Å². The fourth-order valence-electron chi connectivity index (χ4n) is 13.0. The van der Waals surface area contributed by atoms with Crippen LogP contribution in [-0.4, -0.2) is 120 Å². The summed E-state index contributed by atoms with van der Waals surface area (Å²) in [5, 5.41) is 27.3. The molecule has 470 valence electrons. The number of hydrogen-bond donors (Lipinski definition) is 5. The molecule has 1 aliphatic carbocycles. The average Bonchev–Trinajstić information content (AvgIpc) is 1.76. The van der Waals surface area contributed by atoms with Gasteiger partial charge in [0, 0.05) is 123 Å². The molecule has 1 unspecified atom stereocenters. The minimum absolute atomic E-state index is 0.00416. The zero-order valence-electron chi connectivity index (χ0n) is 51.4. The molecule has 2 aliphatic heterocycles. The monoisotopic (exact) mass is 1240 g/mol. The molecule has 6 aromatic heterocycles. The number of nitrogens with one attached hydrogen (secondary N) is 3. The van der Waals surface area contributed by atoms with Gasteiger partial charge in [0.15, 0.2) is 25.0 Å². The molecular formula is C72H70N13O8+. The fraction of sp³-hybridized carbons (Fsp3) is 0.250. The van der Waals surface area contributed by atoms with Crippen molar-refractivity contribution in [3.63, 3.8) is 0 Å². The SMILES string of the molecule is C=CCn1cc(C(=O)N(C)C2CCN(c3cc(-c4cccc(OCCN(c5ccccc5)c5ccc6c(c5)CCC[C@H]6CNc5c[n+](C6COc7ccc(CNc8nccc(-c9cc(C(=O)O)ccn9)n8)cc7C6)ccc5C(=O)O)c4)ncn3)CC2)c2cc[nH]c2c1=O. The van der Waals surface area contributed by atoms with E-state index < -0.39 is 11.9 Å². The average molecular weight is 1250 g/mol. The molecule has 1 amide bonds. The summed E-state index contributed by atoms with van der Waals surface area (Å²) in [5.74, 6) is 0.672. The number of carbonyl (C=O) groups excluding carboxylic acids is 1. The highest BCUT2D eigenvalue weighted by atomic mass is 16.5. The van der Waals surface area contributed by atoms with Gasteiger partial charge in [-0.2, -0.15) is 4.57 Å². The first-order chi connectivity index (χ1) is 45.4. The Balaban J connectivity index is 0.632. The van der Waals surface area contributed by atoms with Gasteiger partial charge in [0.2, 0.25) is 5.95 Å². The molecule has 21 heteroatoms. The number of para-hydroxylation sites is 1. The molecule has 93 heavy (non-hydrogen) atoms. The molecule has 1 fully saturated rings. The zero-order chi connectivity index (χ0) is 64.0. The highest BCUT2D eigenvalue weighted by Gasteiger charge is 2.32. The van der Waals surface area contributed by atoms with Gasteiger partial charge < -0.3 is 54.6 Å². The quantitative estimate of drug-likeness (QED) is 0.0312. The number of ether oxygens (including phenoxy) is 2. The number of pyridine rings is 3. The van der Waals surface area contributed by atoms with Crippen molar-refractivity contribution < 1.29 is 38.6 Å². The molecule has 10 aromatic rings. The van der Waals surface area contributed by atoms with E-state index in [-0.39, 0.29) is 40.6 Å². The summed E-state index contributed by atoms with van der Waals surface area (Å²) < 4.78 is 16.4. The third-order valence-corrected chi connectivity index (χ3v) is 17.9. The third-order valence-electron chi connectivity index (χ3n) is 17.9. The van der Waals surface area contributed by atoms with Gasteiger partial charge in [-0.25, -0.2) is 29.5 Å². The van der Waals surface area contributed by atoms with Crippen molar-refractivity contribution in [1.29, 1.82) is 0 Å². The summed E-state index contributed by atoms with van der Waals surface area (Å²) in [5.41, 5.74) is 10.8. The zero-order valence-corrected chi connectivity index (χ0v) is 51.4. The maximum Gasteiger partial charge on any atom is 0.338 e. The number of nitrogens with zero attached hydrogens (tertiary/aromatic N) is 10. The number of fused-ring (bicyclic) bond motifs is 3. The number of rotatable bonds is 22. The van der Waals surface area contributed by atoms with E-state index >= 15 is 0 Å². The number of carboxylic acid groups (broad SMARTS) is 2. The van der Waals surface area contributed by atoms with Gasteiger partial charge in [0.25, 0.3) is 11.5 Å². The van der Waals surface area contributed by atoms with Crippen LogP contribution in [0, 0.1) is 0 Å². The van der Waals surface area contributed by atoms with Crippen LogP contribution in [0.15, 0.2) is 188 Å². The van der Waals surface area contributed by atoms with Gasteiger partial charge in [0.05, 0.1) is 40.3 Å². The van der Waals surface area contributed by atoms with Crippen LogP contribution in [0.2, 0.25) is 0 Å². The molecule has 1 saturated heterocycles. The lowest BCUT2D eigenvalue weighted by molar-refractivity contribution is -0.723. The number of aromatic nitrogens is 8. The highest BCUT2D eigenvalue weighted by molar-refractivity contribution is 6.06. The van der Waals surface area contributed by atoms with Crippen molar-refractivity contribution in [2.75, 3.05) is 66.9 Å². The number of amides is 1. The predicted octanol–water partition coefficient (Wildman–Crippen LogP) is 10.8. The summed E-state index contributed by atoms with van der Waals surface area (Å²) in [4.78, 5) is 83.2. The second-order valence-corrected chi connectivity index (χ2v) is 23.7. The summed E-state index contributed by atoms with van der Waals surface area (Å²) in [6.45, 7) is 7.85. The standard InChI is InChI=1S/C72H69N13O8/c1-3-28-84-42-60(58-20-26-74-67(58)69(84)87)68(86)81(2)52-22-29-82(30-23-52)66-39-62(78-45-79-66)48-10-8-14-56(37-48)92-33-32-85(53-12-5-4-6-13-53)54-16-17-57-47(35-54)9-7-11-50(57)41-76-64-43-83(31-24-59(64)71(90)91)55-36-51-34-46(15-18-65(51)93-44-55)40-77-72-75-27-21-61(80-72)63-38-49(70(88)89)19-25-73-63/h3-6,8,10,12-21,24-27,31,34-35,37-39,42-43,45,50,52,55,76H,1,7,9,11,22-23,28-30,32-33,36,40-41,44H2,2H3,(H3-,74,75,77,80,87,88,89,90,91)/p+1/t50-,55?/m0/s1. The van der Waals surface area contributed by atoms with Crippen LogP contribution in [0.4, 0.5) is 28.8 Å². The lowest BCUT2D eigenvalue weighted by Crippen LogP contribution is -2.46. The van der Waals surface area contributed by atoms with Crippen molar-refractivity contribution in [2.45, 2.75) is 69.6 Å². The first-order valence-corrected chi connectivity index (χ1v) is 31.3. The van der Waals surface area contributed by atoms with E-state index in [1.807, 2.05) is 89.6 Å². The van der Waals surface area contributed by atoms with Crippen LogP contribution < -0.4 is 40.0 Å². The number of piperidine rings is 1. The molecule has 4 aromatic carbocycles. The summed E-state index contributed by atoms with van der Waals surface area (Å²) in [6, 6.07) is 41.0. The molecule has 3 aliphatic rings. The molecular weight excluding hydrogens is 1170 g/mol. The lowest BCUT2D eigenvalue weighted by atomic mass is 9.82. The molecule has 0 radical (unpaired) electrons. The fourth-order valence-corrected chi connectivity index (χ4v) is 13.0. The van der Waals surface area contributed by atoms with Gasteiger partial charge in [0.1, 0.15) is 41.5 Å². The molecule has 0 bridgehead atoms. The van der Waals surface area contributed by atoms with Gasteiger partial charge in [-0.05, 0) is 116 Å². The van der Waals surface area contributed by atoms with E-state index in [4.69, 9.17) is 9.47 Å². The molecule has 21 nitrogen and oxygen atoms in total. The second-order valence-electron chi connectivity index (χ2n) is 23.7. The van der Waals surface area contributed by atoms with E-state index in [0.717, 1.165) is 83.2 Å². The second kappa shape index (κ2) is 27.1. The van der Waals surface area contributed by atoms with Gasteiger partial charge in [-0.1, -0.05) is 54.6 Å². The Hall–Kier alpha value is -11.2. The Kier molecular flexibility index (Phi) is 17.7. The summed E-state index contributed by atoms with van der Waals surface area (Å²) in [6.07, 6.45) is 18.4. The Morgan fingerprint density at radius 3 is 2.53 bits per heavy atom. The molecule has 13 rings (SSSR count). The van der Waals surface area contributed by atoms with Crippen LogP contribution >= 0.6 is 0 Å². The Bertz CT molecular complexity index is 4490. The topological polar surface area (TPSA) is 250 Å². The number of carbonyl (C=O) groups is 3. The van der Waals surface area contributed by atoms with Gasteiger partial charge >= 0.3 is 11.9 Å². The number of aromatic amines is 1. The van der Waals surface area contributed by atoms with E-state index in [9.17, 15) is 29.4 Å². The van der Waals surface area contributed by atoms with Crippen LogP contribution in [0.25, 0.3) is 33.5 Å². The van der Waals surface area contributed by atoms with E-state index in [1.165, 1.54) is 34.0 Å². The Morgan fingerprint density at radius 2 is 1.69 bits per heavy atom. The molecule has 0 saturated carbocycles. The molecule has 5 N–H and O–H groups in total. The minimum atomic E-state index is -1.04. The number of anilines is 5.